The number of carbonyl (C=O) groups excluding carboxylic acids is 1. The number of hydrogen-bond acceptors (Lipinski definition) is 19. The Hall–Kier alpha value is -0.950. The summed E-state index contributed by atoms with van der Waals surface area (Å²) >= 11 is 4.00. The fourth-order valence-corrected chi connectivity index (χ4v) is 8.19. The summed E-state index contributed by atoms with van der Waals surface area (Å²) in [6.45, 7) is 0.420. The zero-order chi connectivity index (χ0) is 35.5. The normalized spacial score (nSPS) is 35.0. The summed E-state index contributed by atoms with van der Waals surface area (Å²) in [5, 5.41) is 36.0. The van der Waals surface area contributed by atoms with Crippen LogP contribution in [0.3, 0.4) is 0 Å². The molecule has 1 amide bonds. The SMILES string of the molecule is C[C@@]1(COP(=O)(O)OP(=O)(O)OC[C@H]2O[C@@H](N3CNC4=C(N)NCN[C@H]43)[C@H](O)[C@@H]2OP(=O)(O)O)CO[C@H](NCCC(=O)NCCS)[C@@H]1O. The second-order valence-electron chi connectivity index (χ2n) is 11.4. The molecule has 3 fully saturated rings. The highest BCUT2D eigenvalue weighted by Crippen LogP contribution is 2.61. The van der Waals surface area contributed by atoms with Crippen LogP contribution in [0.5, 0.6) is 0 Å². The van der Waals surface area contributed by atoms with E-state index in [0.29, 0.717) is 23.8 Å². The van der Waals surface area contributed by atoms with Gasteiger partial charge in [-0.15, -0.1) is 0 Å². The van der Waals surface area contributed by atoms with Crippen LogP contribution in [0.4, 0.5) is 0 Å². The molecule has 27 heteroatoms. The molecular weight excluding hydrogens is 731 g/mol. The molecule has 23 nitrogen and oxygen atoms in total. The Morgan fingerprint density at radius 1 is 1.15 bits per heavy atom. The van der Waals surface area contributed by atoms with E-state index in [1.54, 1.807) is 0 Å². The minimum atomic E-state index is -5.45. The average Bonchev–Trinajstić information content (AvgIpc) is 3.64. The van der Waals surface area contributed by atoms with E-state index in [9.17, 15) is 48.3 Å². The quantitative estimate of drug-likeness (QED) is 0.0495. The number of rotatable bonds is 17. The smallest absolute Gasteiger partial charge is 0.388 e. The fourth-order valence-electron chi connectivity index (χ4n) is 5.29. The Morgan fingerprint density at radius 2 is 1.85 bits per heavy atom. The maximum Gasteiger partial charge on any atom is 0.481 e. The number of nitrogens with one attached hydrogen (secondary N) is 5. The van der Waals surface area contributed by atoms with Gasteiger partial charge in [-0.05, 0) is 0 Å². The van der Waals surface area contributed by atoms with Crippen LogP contribution in [0, 0.1) is 5.41 Å². The molecular formula is C21H42N7O16P3S. The number of aliphatic hydroxyl groups is 2. The van der Waals surface area contributed by atoms with Crippen molar-refractivity contribution in [3.05, 3.63) is 11.5 Å². The first-order valence-corrected chi connectivity index (χ1v) is 19.6. The third kappa shape index (κ3) is 10.3. The summed E-state index contributed by atoms with van der Waals surface area (Å²) < 4.78 is 66.9. The number of phosphoric ester groups is 3. The Balaban J connectivity index is 1.31. The highest BCUT2D eigenvalue weighted by atomic mass is 32.1. The molecule has 278 valence electrons. The second kappa shape index (κ2) is 16.2. The molecule has 0 radical (unpaired) electrons. The first-order valence-electron chi connectivity index (χ1n) is 14.5. The van der Waals surface area contributed by atoms with Crippen molar-refractivity contribution in [2.24, 2.45) is 11.1 Å². The first-order chi connectivity index (χ1) is 22.3. The van der Waals surface area contributed by atoms with Crippen LogP contribution < -0.4 is 32.3 Å². The summed E-state index contributed by atoms with van der Waals surface area (Å²) in [4.78, 5) is 52.5. The topological polar surface area (TPSA) is 334 Å². The number of nitrogens with two attached hydrogens (primary N) is 1. The molecule has 4 heterocycles. The molecule has 4 aliphatic rings. The molecule has 0 aromatic rings. The van der Waals surface area contributed by atoms with Gasteiger partial charge in [0, 0.05) is 30.7 Å². The van der Waals surface area contributed by atoms with Crippen LogP contribution in [0.1, 0.15) is 13.3 Å². The number of fused-ring (bicyclic) bond motifs is 1. The molecule has 13 N–H and O–H groups in total. The molecule has 10 atom stereocenters. The fraction of sp³-hybridized carbons (Fsp3) is 0.857. The highest BCUT2D eigenvalue weighted by Gasteiger charge is 2.54. The van der Waals surface area contributed by atoms with E-state index in [2.05, 4.69) is 43.5 Å². The average molecular weight is 774 g/mol. The summed E-state index contributed by atoms with van der Waals surface area (Å²) in [5.41, 5.74) is 5.16. The molecule has 4 aliphatic heterocycles. The van der Waals surface area contributed by atoms with E-state index in [1.807, 2.05) is 0 Å². The molecule has 2 unspecified atom stereocenters. The summed E-state index contributed by atoms with van der Waals surface area (Å²) in [6, 6.07) is 0. The number of hydrogen-bond donors (Lipinski definition) is 13. The lowest BCUT2D eigenvalue weighted by atomic mass is 9.87. The number of nitrogens with zero attached hydrogens (tertiary/aromatic N) is 1. The number of amides is 1. The second-order valence-corrected chi connectivity index (χ2v) is 16.1. The minimum Gasteiger partial charge on any atom is -0.388 e. The van der Waals surface area contributed by atoms with Gasteiger partial charge in [0.25, 0.3) is 0 Å². The van der Waals surface area contributed by atoms with Gasteiger partial charge in [-0.25, -0.2) is 18.6 Å². The van der Waals surface area contributed by atoms with Crippen molar-refractivity contribution < 1.29 is 75.6 Å². The molecule has 0 bridgehead atoms. The van der Waals surface area contributed by atoms with E-state index in [0.717, 1.165) is 0 Å². The Bertz CT molecular complexity index is 1330. The van der Waals surface area contributed by atoms with E-state index in [4.69, 9.17) is 28.8 Å². The molecule has 0 aromatic heterocycles. The lowest BCUT2D eigenvalue weighted by Gasteiger charge is -2.33. The van der Waals surface area contributed by atoms with Gasteiger partial charge in [0.15, 0.2) is 0 Å². The highest BCUT2D eigenvalue weighted by molar-refractivity contribution is 7.80. The number of ether oxygens (including phenoxy) is 2. The zero-order valence-corrected chi connectivity index (χ0v) is 29.1. The first kappa shape index (κ1) is 39.8. The van der Waals surface area contributed by atoms with Crippen molar-refractivity contribution >= 4 is 42.0 Å². The Labute approximate surface area is 280 Å². The lowest BCUT2D eigenvalue weighted by molar-refractivity contribution is -0.121. The standard InChI is InChI=1S/C21H42N7O16P3S/c1-21(7-39-19(16(21)31)24-3-2-12(29)23-4-5-48)8-41-47(37,38)44-46(35,36)40-6-11-15(43-45(32,33)34)14(30)20(42-11)28-10-27-13-17(22)25-9-26-18(13)28/h11,14-16,18-20,24-27,30-31,48H,2-10,22H2,1H3,(H,23,29)(H,35,36)(H,37,38)(H2,32,33,34)/t11-,14-,15-,16+,18+,19+,20-,21+/m1/s1. The van der Waals surface area contributed by atoms with Crippen LogP contribution in [0.15, 0.2) is 11.5 Å². The van der Waals surface area contributed by atoms with Crippen LogP contribution in [0.25, 0.3) is 0 Å². The molecule has 0 aliphatic carbocycles. The Kier molecular flexibility index (Phi) is 13.4. The molecule has 0 spiro atoms. The number of phosphoric acid groups is 3. The van der Waals surface area contributed by atoms with Crippen molar-refractivity contribution in [3.8, 4) is 0 Å². The lowest BCUT2D eigenvalue weighted by Crippen LogP contribution is -2.56. The third-order valence-electron chi connectivity index (χ3n) is 7.71. The monoisotopic (exact) mass is 773 g/mol. The number of carbonyl (C=O) groups is 1. The van der Waals surface area contributed by atoms with Gasteiger partial charge < -0.3 is 60.9 Å². The van der Waals surface area contributed by atoms with Crippen LogP contribution in [-0.2, 0) is 45.8 Å². The van der Waals surface area contributed by atoms with Crippen molar-refractivity contribution in [1.29, 1.82) is 0 Å². The van der Waals surface area contributed by atoms with Crippen LogP contribution in [0.2, 0.25) is 0 Å². The third-order valence-corrected chi connectivity index (χ3v) is 11.0. The molecule has 3 saturated heterocycles. The van der Waals surface area contributed by atoms with Gasteiger partial charge in [0.1, 0.15) is 48.9 Å². The van der Waals surface area contributed by atoms with Gasteiger partial charge in [0.2, 0.25) is 5.91 Å². The van der Waals surface area contributed by atoms with Crippen LogP contribution >= 0.6 is 36.1 Å². The maximum atomic E-state index is 12.7. The van der Waals surface area contributed by atoms with Crippen molar-refractivity contribution in [2.45, 2.75) is 56.4 Å². The Morgan fingerprint density at radius 3 is 2.54 bits per heavy atom. The van der Waals surface area contributed by atoms with Crippen molar-refractivity contribution in [1.82, 2.24) is 31.5 Å². The van der Waals surface area contributed by atoms with Crippen molar-refractivity contribution in [2.75, 3.05) is 52.0 Å². The predicted octanol–water partition coefficient (Wildman–Crippen LogP) is -3.98. The number of aliphatic hydroxyl groups excluding tert-OH is 2. The van der Waals surface area contributed by atoms with Gasteiger partial charge in [-0.1, -0.05) is 6.92 Å². The van der Waals surface area contributed by atoms with E-state index in [-0.39, 0.29) is 38.8 Å². The molecule has 0 aromatic carbocycles. The number of thiol groups is 1. The van der Waals surface area contributed by atoms with Gasteiger partial charge >= 0.3 is 23.5 Å². The van der Waals surface area contributed by atoms with E-state index >= 15 is 0 Å². The summed E-state index contributed by atoms with van der Waals surface area (Å²) in [5.74, 6) is 0.535. The zero-order valence-electron chi connectivity index (χ0n) is 25.5. The van der Waals surface area contributed by atoms with E-state index < -0.39 is 85.1 Å². The minimum absolute atomic E-state index is 0.0588. The molecule has 48 heavy (non-hydrogen) atoms. The summed E-state index contributed by atoms with van der Waals surface area (Å²) in [7, 11) is -16.0. The largest absolute Gasteiger partial charge is 0.481 e. The van der Waals surface area contributed by atoms with Crippen molar-refractivity contribution in [3.63, 3.8) is 0 Å². The maximum absolute atomic E-state index is 12.7. The van der Waals surface area contributed by atoms with Gasteiger partial charge in [-0.2, -0.15) is 16.9 Å². The van der Waals surface area contributed by atoms with Gasteiger partial charge in [-0.3, -0.25) is 29.0 Å². The van der Waals surface area contributed by atoms with Crippen LogP contribution in [-0.4, -0.2) is 136 Å². The predicted molar refractivity (Wildman–Crippen MR) is 164 cm³/mol. The molecule has 0 saturated carbocycles. The molecule has 4 rings (SSSR count). The summed E-state index contributed by atoms with van der Waals surface area (Å²) in [6.07, 6.45) is -9.22. The van der Waals surface area contributed by atoms with E-state index in [1.165, 1.54) is 11.8 Å². The van der Waals surface area contributed by atoms with Gasteiger partial charge in [0.05, 0.1) is 38.9 Å².